The third kappa shape index (κ3) is 4.65. The molecule has 1 aromatic heterocycles. The van der Waals surface area contributed by atoms with Crippen LogP contribution >= 0.6 is 0 Å². The predicted octanol–water partition coefficient (Wildman–Crippen LogP) is 3.58. The van der Waals surface area contributed by atoms with E-state index in [1.165, 1.54) is 6.07 Å². The Hall–Kier alpha value is -3.10. The van der Waals surface area contributed by atoms with E-state index in [9.17, 15) is 22.8 Å². The molecule has 6 nitrogen and oxygen atoms in total. The van der Waals surface area contributed by atoms with Gasteiger partial charge in [-0.25, -0.2) is 4.98 Å². The zero-order valence-corrected chi connectivity index (χ0v) is 16.9. The Morgan fingerprint density at radius 2 is 1.81 bits per heavy atom. The summed E-state index contributed by atoms with van der Waals surface area (Å²) in [4.78, 5) is 34.4. The van der Waals surface area contributed by atoms with Crippen molar-refractivity contribution in [3.05, 3.63) is 53.7 Å². The van der Waals surface area contributed by atoms with Gasteiger partial charge < -0.3 is 14.7 Å². The first kappa shape index (κ1) is 21.1. The summed E-state index contributed by atoms with van der Waals surface area (Å²) in [6.45, 7) is 2.73. The maximum atomic E-state index is 13.1. The van der Waals surface area contributed by atoms with E-state index in [0.29, 0.717) is 56.9 Å². The summed E-state index contributed by atoms with van der Waals surface area (Å²) in [6.07, 6.45) is -1.55. The SMILES string of the molecule is O=C(c1cccc(N2CCCC2=O)c1)N1CCCN(c2ccc(C(F)(F)F)cn2)CC1. The minimum atomic E-state index is -4.41. The normalized spacial score (nSPS) is 17.8. The second-order valence-corrected chi connectivity index (χ2v) is 7.73. The molecule has 0 unspecified atom stereocenters. The van der Waals surface area contributed by atoms with E-state index in [0.717, 1.165) is 24.4 Å². The van der Waals surface area contributed by atoms with Gasteiger partial charge in [0, 0.05) is 56.6 Å². The molecule has 3 heterocycles. The lowest BCUT2D eigenvalue weighted by Gasteiger charge is -2.23. The van der Waals surface area contributed by atoms with E-state index in [1.807, 2.05) is 11.0 Å². The Labute approximate surface area is 178 Å². The lowest BCUT2D eigenvalue weighted by molar-refractivity contribution is -0.137. The van der Waals surface area contributed by atoms with Crippen LogP contribution < -0.4 is 9.80 Å². The molecule has 0 atom stereocenters. The number of aromatic nitrogens is 1. The molecule has 9 heteroatoms. The number of pyridine rings is 1. The highest BCUT2D eigenvalue weighted by Crippen LogP contribution is 2.29. The van der Waals surface area contributed by atoms with Crippen LogP contribution in [0.3, 0.4) is 0 Å². The van der Waals surface area contributed by atoms with Crippen LogP contribution in [0, 0.1) is 0 Å². The number of anilines is 2. The van der Waals surface area contributed by atoms with Crippen molar-refractivity contribution in [1.29, 1.82) is 0 Å². The van der Waals surface area contributed by atoms with E-state index in [-0.39, 0.29) is 11.8 Å². The molecule has 0 radical (unpaired) electrons. The van der Waals surface area contributed by atoms with E-state index >= 15 is 0 Å². The van der Waals surface area contributed by atoms with Gasteiger partial charge in [-0.2, -0.15) is 13.2 Å². The summed E-state index contributed by atoms with van der Waals surface area (Å²) >= 11 is 0. The molecule has 0 spiro atoms. The number of rotatable bonds is 3. The van der Waals surface area contributed by atoms with Crippen molar-refractivity contribution in [2.45, 2.75) is 25.4 Å². The maximum Gasteiger partial charge on any atom is 0.417 e. The van der Waals surface area contributed by atoms with E-state index in [4.69, 9.17) is 0 Å². The van der Waals surface area contributed by atoms with Gasteiger partial charge in [0.25, 0.3) is 5.91 Å². The predicted molar refractivity (Wildman–Crippen MR) is 110 cm³/mol. The minimum absolute atomic E-state index is 0.0686. The molecule has 0 saturated carbocycles. The molecular formula is C22H23F3N4O2. The average Bonchev–Trinajstić information content (AvgIpc) is 3.04. The zero-order chi connectivity index (χ0) is 22.0. The number of carbonyl (C=O) groups is 2. The van der Waals surface area contributed by atoms with Gasteiger partial charge in [-0.05, 0) is 43.2 Å². The first-order chi connectivity index (χ1) is 14.8. The quantitative estimate of drug-likeness (QED) is 0.744. The Bertz CT molecular complexity index is 962. The Morgan fingerprint density at radius 1 is 0.968 bits per heavy atom. The number of benzene rings is 1. The van der Waals surface area contributed by atoms with Gasteiger partial charge in [-0.1, -0.05) is 6.07 Å². The molecule has 2 aromatic rings. The van der Waals surface area contributed by atoms with Crippen molar-refractivity contribution >= 4 is 23.3 Å². The summed E-state index contributed by atoms with van der Waals surface area (Å²) in [7, 11) is 0. The largest absolute Gasteiger partial charge is 0.417 e. The highest BCUT2D eigenvalue weighted by Gasteiger charge is 2.31. The number of hydrogen-bond donors (Lipinski definition) is 0. The third-order valence-corrected chi connectivity index (χ3v) is 5.66. The molecule has 1 aromatic carbocycles. The average molecular weight is 432 g/mol. The monoisotopic (exact) mass is 432 g/mol. The molecule has 2 amide bonds. The molecule has 0 bridgehead atoms. The van der Waals surface area contributed by atoms with Crippen LogP contribution in [0.1, 0.15) is 35.2 Å². The third-order valence-electron chi connectivity index (χ3n) is 5.66. The molecular weight excluding hydrogens is 409 g/mol. The fraction of sp³-hybridized carbons (Fsp3) is 0.409. The van der Waals surface area contributed by atoms with Crippen LogP contribution in [0.4, 0.5) is 24.7 Å². The number of amides is 2. The summed E-state index contributed by atoms with van der Waals surface area (Å²) in [5, 5.41) is 0. The van der Waals surface area contributed by atoms with Crippen molar-refractivity contribution in [3.63, 3.8) is 0 Å². The summed E-state index contributed by atoms with van der Waals surface area (Å²) in [5.74, 6) is 0.423. The molecule has 2 saturated heterocycles. The number of halogens is 3. The van der Waals surface area contributed by atoms with E-state index in [1.54, 1.807) is 28.0 Å². The Balaban J connectivity index is 1.43. The van der Waals surface area contributed by atoms with Crippen molar-refractivity contribution in [2.75, 3.05) is 42.5 Å². The molecule has 0 aliphatic carbocycles. The van der Waals surface area contributed by atoms with Gasteiger partial charge in [0.2, 0.25) is 5.91 Å². The van der Waals surface area contributed by atoms with Crippen molar-refractivity contribution in [1.82, 2.24) is 9.88 Å². The second-order valence-electron chi connectivity index (χ2n) is 7.73. The molecule has 2 aliphatic rings. The summed E-state index contributed by atoms with van der Waals surface area (Å²) in [6, 6.07) is 9.51. The van der Waals surface area contributed by atoms with Crippen molar-refractivity contribution in [2.24, 2.45) is 0 Å². The molecule has 2 fully saturated rings. The minimum Gasteiger partial charge on any atom is -0.355 e. The topological polar surface area (TPSA) is 56.8 Å². The maximum absolute atomic E-state index is 13.1. The van der Waals surface area contributed by atoms with E-state index < -0.39 is 11.7 Å². The molecule has 0 N–H and O–H groups in total. The summed E-state index contributed by atoms with van der Waals surface area (Å²) < 4.78 is 38.3. The van der Waals surface area contributed by atoms with Crippen LogP contribution in [-0.2, 0) is 11.0 Å². The van der Waals surface area contributed by atoms with Crippen LogP contribution in [0.5, 0.6) is 0 Å². The van der Waals surface area contributed by atoms with Crippen molar-refractivity contribution < 1.29 is 22.8 Å². The number of alkyl halides is 3. The van der Waals surface area contributed by atoms with Gasteiger partial charge in [-0.15, -0.1) is 0 Å². The highest BCUT2D eigenvalue weighted by molar-refractivity contribution is 5.99. The van der Waals surface area contributed by atoms with Crippen LogP contribution in [-0.4, -0.2) is 54.4 Å². The number of carbonyl (C=O) groups excluding carboxylic acids is 2. The van der Waals surface area contributed by atoms with Gasteiger partial charge in [-0.3, -0.25) is 9.59 Å². The second kappa shape index (κ2) is 8.56. The Morgan fingerprint density at radius 3 is 2.48 bits per heavy atom. The lowest BCUT2D eigenvalue weighted by Crippen LogP contribution is -2.35. The van der Waals surface area contributed by atoms with E-state index in [2.05, 4.69) is 4.98 Å². The first-order valence-corrected chi connectivity index (χ1v) is 10.3. The van der Waals surface area contributed by atoms with Gasteiger partial charge in [0.05, 0.1) is 5.56 Å². The lowest BCUT2D eigenvalue weighted by atomic mass is 10.1. The molecule has 164 valence electrons. The standard InChI is InChI=1S/C22H23F3N4O2/c23-22(24,25)17-7-8-19(26-15-17)27-9-3-10-28(13-12-27)21(31)16-4-1-5-18(14-16)29-11-2-6-20(29)30/h1,4-5,7-8,14-15H,2-3,6,9-13H2. The highest BCUT2D eigenvalue weighted by atomic mass is 19.4. The Kier molecular flexibility index (Phi) is 5.84. The fourth-order valence-corrected chi connectivity index (χ4v) is 4.00. The van der Waals surface area contributed by atoms with Crippen LogP contribution in [0.2, 0.25) is 0 Å². The van der Waals surface area contributed by atoms with Crippen molar-refractivity contribution in [3.8, 4) is 0 Å². The first-order valence-electron chi connectivity index (χ1n) is 10.3. The van der Waals surface area contributed by atoms with Crippen LogP contribution in [0.15, 0.2) is 42.6 Å². The van der Waals surface area contributed by atoms with Gasteiger partial charge in [0.15, 0.2) is 0 Å². The fourth-order valence-electron chi connectivity index (χ4n) is 4.00. The summed E-state index contributed by atoms with van der Waals surface area (Å²) in [5.41, 5.74) is 0.483. The number of hydrogen-bond acceptors (Lipinski definition) is 4. The smallest absolute Gasteiger partial charge is 0.355 e. The van der Waals surface area contributed by atoms with Gasteiger partial charge in [0.1, 0.15) is 5.82 Å². The van der Waals surface area contributed by atoms with Gasteiger partial charge >= 0.3 is 6.18 Å². The molecule has 31 heavy (non-hydrogen) atoms. The zero-order valence-electron chi connectivity index (χ0n) is 16.9. The molecule has 4 rings (SSSR count). The molecule has 2 aliphatic heterocycles. The number of nitrogens with zero attached hydrogens (tertiary/aromatic N) is 4. The van der Waals surface area contributed by atoms with Crippen LogP contribution in [0.25, 0.3) is 0 Å².